The maximum atomic E-state index is 6.89. The Balaban J connectivity index is 1.17. The number of hydrogen-bond acceptors (Lipinski definition) is 4. The van der Waals surface area contributed by atoms with Gasteiger partial charge in [0.05, 0.1) is 0 Å². The number of aromatic nitrogens is 1. The van der Waals surface area contributed by atoms with Crippen molar-refractivity contribution in [2.75, 3.05) is 4.90 Å². The van der Waals surface area contributed by atoms with Crippen molar-refractivity contribution in [2.45, 2.75) is 0 Å². The summed E-state index contributed by atoms with van der Waals surface area (Å²) in [7, 11) is 0. The molecular weight excluding hydrogens is 744 g/mol. The molecule has 15 rings (SSSR count). The quantitative estimate of drug-likeness (QED) is 0.155. The number of anilines is 3. The van der Waals surface area contributed by atoms with E-state index in [0.717, 1.165) is 22.2 Å². The highest BCUT2D eigenvalue weighted by Crippen LogP contribution is 2.51. The van der Waals surface area contributed by atoms with E-state index in [2.05, 4.69) is 173 Å². The van der Waals surface area contributed by atoms with Crippen molar-refractivity contribution < 1.29 is 4.42 Å². The summed E-state index contributed by atoms with van der Waals surface area (Å²) < 4.78 is 14.8. The molecule has 58 heavy (non-hydrogen) atoms. The van der Waals surface area contributed by atoms with Crippen LogP contribution in [0.4, 0.5) is 17.1 Å². The Bertz CT molecular complexity index is 4020. The van der Waals surface area contributed by atoms with E-state index in [1.54, 1.807) is 0 Å². The van der Waals surface area contributed by atoms with Crippen molar-refractivity contribution in [3.05, 3.63) is 164 Å². The second-order valence-electron chi connectivity index (χ2n) is 16.0. The molecule has 4 aromatic heterocycles. The Labute approximate surface area is 339 Å². The van der Waals surface area contributed by atoms with Crippen LogP contribution in [0.3, 0.4) is 0 Å². The molecule has 0 atom stereocenters. The molecule has 6 heteroatoms. The molecule has 2 aliphatic heterocycles. The first kappa shape index (κ1) is 30.3. The highest BCUT2D eigenvalue weighted by atomic mass is 32.1. The molecule has 0 N–H and O–H groups in total. The molecule has 3 nitrogen and oxygen atoms in total. The fraction of sp³-hybridized carbons (Fsp3) is 0. The Kier molecular flexibility index (Phi) is 5.51. The lowest BCUT2D eigenvalue weighted by molar-refractivity contribution is 0.669. The Morgan fingerprint density at radius 3 is 2.00 bits per heavy atom. The number of rotatable bonds is 1. The van der Waals surface area contributed by atoms with Gasteiger partial charge in [0, 0.05) is 102 Å². The first-order valence-corrected chi connectivity index (χ1v) is 21.5. The number of hydrogen-bond donors (Lipinski definition) is 0. The number of para-hydroxylation sites is 2. The van der Waals surface area contributed by atoms with Gasteiger partial charge < -0.3 is 13.8 Å². The molecule has 0 saturated carbocycles. The Morgan fingerprint density at radius 1 is 0.466 bits per heavy atom. The van der Waals surface area contributed by atoms with Crippen LogP contribution in [-0.4, -0.2) is 11.3 Å². The van der Waals surface area contributed by atoms with Gasteiger partial charge in [-0.3, -0.25) is 0 Å². The summed E-state index contributed by atoms with van der Waals surface area (Å²) in [6.07, 6.45) is 0. The zero-order valence-corrected chi connectivity index (χ0v) is 32.4. The Morgan fingerprint density at radius 2 is 1.16 bits per heavy atom. The second-order valence-corrected chi connectivity index (χ2v) is 18.1. The molecule has 9 aromatic carbocycles. The van der Waals surface area contributed by atoms with Gasteiger partial charge in [-0.25, -0.2) is 0 Å². The van der Waals surface area contributed by atoms with Gasteiger partial charge in [0.2, 0.25) is 0 Å². The third-order valence-electron chi connectivity index (χ3n) is 13.1. The minimum Gasteiger partial charge on any atom is -0.456 e. The smallest absolute Gasteiger partial charge is 0.333 e. The molecule has 266 valence electrons. The van der Waals surface area contributed by atoms with E-state index in [9.17, 15) is 0 Å². The van der Waals surface area contributed by atoms with Crippen molar-refractivity contribution >= 4 is 152 Å². The average Bonchev–Trinajstić information content (AvgIpc) is 4.02. The zero-order chi connectivity index (χ0) is 37.4. The van der Waals surface area contributed by atoms with Crippen LogP contribution in [0.15, 0.2) is 168 Å². The minimum absolute atomic E-state index is 0.0781. The van der Waals surface area contributed by atoms with E-state index in [4.69, 9.17) is 4.42 Å². The summed E-state index contributed by atoms with van der Waals surface area (Å²) >= 11 is 3.77. The van der Waals surface area contributed by atoms with Gasteiger partial charge in [-0.15, -0.1) is 22.7 Å². The van der Waals surface area contributed by atoms with Crippen molar-refractivity contribution in [3.8, 4) is 11.1 Å². The largest absolute Gasteiger partial charge is 0.456 e. The van der Waals surface area contributed by atoms with Gasteiger partial charge in [-0.05, 0) is 87.9 Å². The van der Waals surface area contributed by atoms with Crippen molar-refractivity contribution in [1.29, 1.82) is 0 Å². The molecule has 0 fully saturated rings. The van der Waals surface area contributed by atoms with Crippen LogP contribution < -0.4 is 15.8 Å². The number of fused-ring (bicyclic) bond motifs is 18. The third-order valence-corrected chi connectivity index (χ3v) is 15.4. The van der Waals surface area contributed by atoms with E-state index in [-0.39, 0.29) is 6.85 Å². The lowest BCUT2D eigenvalue weighted by atomic mass is 9.45. The first-order valence-electron chi connectivity index (χ1n) is 19.9. The van der Waals surface area contributed by atoms with E-state index < -0.39 is 0 Å². The molecular formula is C52H27BN2OS2. The average molecular weight is 771 g/mol. The lowest BCUT2D eigenvalue weighted by Crippen LogP contribution is -2.56. The van der Waals surface area contributed by atoms with E-state index in [0.29, 0.717) is 0 Å². The molecule has 0 saturated heterocycles. The zero-order valence-electron chi connectivity index (χ0n) is 30.8. The van der Waals surface area contributed by atoms with Crippen LogP contribution in [0.25, 0.3) is 106 Å². The number of furan rings is 1. The van der Waals surface area contributed by atoms with Crippen molar-refractivity contribution in [1.82, 2.24) is 4.48 Å². The maximum Gasteiger partial charge on any atom is 0.333 e. The molecule has 6 heterocycles. The van der Waals surface area contributed by atoms with Crippen molar-refractivity contribution in [2.24, 2.45) is 0 Å². The predicted molar refractivity (Wildman–Crippen MR) is 251 cm³/mol. The monoisotopic (exact) mass is 770 g/mol. The maximum absolute atomic E-state index is 6.89. The van der Waals surface area contributed by atoms with Crippen LogP contribution >= 0.6 is 22.7 Å². The van der Waals surface area contributed by atoms with Gasteiger partial charge in [-0.2, -0.15) is 0 Å². The molecule has 0 bridgehead atoms. The SMILES string of the molecule is c1ccc2cc3c(cc2c1)c1cccc2c1n3B1c3cc4sc5ccccc5c4cc3N(c3ccc4sc5ccccc5c4c3)c3cc4oc5ccccc5c4c-2c31. The van der Waals surface area contributed by atoms with Crippen LogP contribution in [-0.2, 0) is 0 Å². The molecule has 0 amide bonds. The molecule has 0 spiro atoms. The molecule has 2 aliphatic rings. The van der Waals surface area contributed by atoms with E-state index in [1.807, 2.05) is 22.7 Å². The Hall–Kier alpha value is -6.86. The van der Waals surface area contributed by atoms with E-state index in [1.165, 1.54) is 112 Å². The molecule has 0 unspecified atom stereocenters. The number of thiophene rings is 2. The third kappa shape index (κ3) is 3.67. The topological polar surface area (TPSA) is 21.3 Å². The van der Waals surface area contributed by atoms with Gasteiger partial charge in [-0.1, -0.05) is 97.1 Å². The molecule has 13 aromatic rings. The molecule has 0 aliphatic carbocycles. The number of benzene rings is 9. The van der Waals surface area contributed by atoms with Crippen LogP contribution in [0.2, 0.25) is 0 Å². The second kappa shape index (κ2) is 10.5. The fourth-order valence-corrected chi connectivity index (χ4v) is 13.0. The summed E-state index contributed by atoms with van der Waals surface area (Å²) in [5.41, 5.74) is 13.1. The van der Waals surface area contributed by atoms with Crippen LogP contribution in [0, 0.1) is 0 Å². The van der Waals surface area contributed by atoms with Gasteiger partial charge in [0.1, 0.15) is 11.2 Å². The highest BCUT2D eigenvalue weighted by molar-refractivity contribution is 7.26. The number of nitrogens with zero attached hydrogens (tertiary/aromatic N) is 2. The fourth-order valence-electron chi connectivity index (χ4n) is 10.8. The van der Waals surface area contributed by atoms with Crippen LogP contribution in [0.1, 0.15) is 0 Å². The summed E-state index contributed by atoms with van der Waals surface area (Å²) in [6.45, 7) is -0.0781. The van der Waals surface area contributed by atoms with Crippen LogP contribution in [0.5, 0.6) is 0 Å². The highest BCUT2D eigenvalue weighted by Gasteiger charge is 2.44. The minimum atomic E-state index is -0.0781. The summed E-state index contributed by atoms with van der Waals surface area (Å²) in [5.74, 6) is 0. The van der Waals surface area contributed by atoms with Crippen molar-refractivity contribution in [3.63, 3.8) is 0 Å². The molecule has 0 radical (unpaired) electrons. The normalized spacial score (nSPS) is 13.4. The summed E-state index contributed by atoms with van der Waals surface area (Å²) in [6, 6.07) is 61.4. The lowest BCUT2D eigenvalue weighted by Gasteiger charge is -2.40. The summed E-state index contributed by atoms with van der Waals surface area (Å²) in [4.78, 5) is 2.56. The summed E-state index contributed by atoms with van der Waals surface area (Å²) in [5, 5.41) is 12.6. The standard InChI is InChI=1S/C52H27BN2OS2/c1-2-11-29-23-40-36(22-28(29)10-1)33-15-9-16-35-50-49-34-14-3-6-17-43(34)56-44(49)27-42-51(50)53(55(40)52(33)35)39-26-48-38(32-13-5-8-19-46(32)58-48)25-41(39)54(42)30-20-21-47-37(24-30)31-12-4-7-18-45(31)57-47/h1-27H. The van der Waals surface area contributed by atoms with Gasteiger partial charge >= 0.3 is 6.85 Å². The van der Waals surface area contributed by atoms with Gasteiger partial charge in [0.15, 0.2) is 0 Å². The predicted octanol–water partition coefficient (Wildman–Crippen LogP) is 14.0. The van der Waals surface area contributed by atoms with E-state index >= 15 is 0 Å². The first-order chi connectivity index (χ1) is 28.7. The van der Waals surface area contributed by atoms with Gasteiger partial charge in [0.25, 0.3) is 0 Å².